The van der Waals surface area contributed by atoms with Crippen molar-refractivity contribution in [3.8, 4) is 0 Å². The van der Waals surface area contributed by atoms with Crippen molar-refractivity contribution in [1.29, 1.82) is 0 Å². The first-order chi connectivity index (χ1) is 10.9. The zero-order chi connectivity index (χ0) is 17.0. The Labute approximate surface area is 141 Å². The molecule has 0 aliphatic heterocycles. The molecule has 0 radical (unpaired) electrons. The molecular formula is C17H22ClN3O2. The van der Waals surface area contributed by atoms with Gasteiger partial charge in [0.25, 0.3) is 5.91 Å². The van der Waals surface area contributed by atoms with E-state index in [-0.39, 0.29) is 18.4 Å². The number of nitrogens with one attached hydrogen (secondary N) is 1. The number of carbonyl (C=O) groups is 1. The Morgan fingerprint density at radius 2 is 2.17 bits per heavy atom. The molecule has 5 nitrogen and oxygen atoms in total. The van der Waals surface area contributed by atoms with Crippen LogP contribution in [0, 0.1) is 12.8 Å². The van der Waals surface area contributed by atoms with E-state index in [1.165, 1.54) is 0 Å². The van der Waals surface area contributed by atoms with Gasteiger partial charge < -0.3 is 10.4 Å². The molecule has 124 valence electrons. The number of rotatable bonds is 6. The van der Waals surface area contributed by atoms with E-state index < -0.39 is 6.10 Å². The predicted molar refractivity (Wildman–Crippen MR) is 90.7 cm³/mol. The molecule has 1 aromatic carbocycles. The van der Waals surface area contributed by atoms with Gasteiger partial charge in [-0.05, 0) is 30.5 Å². The van der Waals surface area contributed by atoms with E-state index in [9.17, 15) is 9.90 Å². The maximum absolute atomic E-state index is 12.2. The van der Waals surface area contributed by atoms with E-state index in [0.29, 0.717) is 22.8 Å². The fraction of sp³-hybridized carbons (Fsp3) is 0.412. The number of aryl methyl sites for hydroxylation is 1. The van der Waals surface area contributed by atoms with Gasteiger partial charge in [0.2, 0.25) is 0 Å². The van der Waals surface area contributed by atoms with Crippen LogP contribution in [0.4, 0.5) is 0 Å². The second-order valence-corrected chi connectivity index (χ2v) is 6.41. The van der Waals surface area contributed by atoms with Crippen molar-refractivity contribution in [2.45, 2.75) is 33.4 Å². The van der Waals surface area contributed by atoms with Gasteiger partial charge in [-0.15, -0.1) is 0 Å². The Kier molecular flexibility index (Phi) is 5.80. The standard InChI is InChI=1S/C17H22ClN3O2/c1-11(2)16(22)8-19-17(23)15-10-21(20-12(15)3)9-13-5-4-6-14(18)7-13/h4-7,10-11,16,22H,8-9H2,1-3H3,(H,19,23). The normalized spacial score (nSPS) is 12.4. The second kappa shape index (κ2) is 7.62. The minimum absolute atomic E-state index is 0.0990. The van der Waals surface area contributed by atoms with Crippen LogP contribution in [-0.4, -0.2) is 33.4 Å². The smallest absolute Gasteiger partial charge is 0.254 e. The van der Waals surface area contributed by atoms with Gasteiger partial charge in [-0.25, -0.2) is 0 Å². The van der Waals surface area contributed by atoms with Gasteiger partial charge in [0.05, 0.1) is 23.9 Å². The summed E-state index contributed by atoms with van der Waals surface area (Å²) >= 11 is 5.98. The van der Waals surface area contributed by atoms with Crippen LogP contribution in [0.25, 0.3) is 0 Å². The van der Waals surface area contributed by atoms with Crippen LogP contribution >= 0.6 is 11.6 Å². The van der Waals surface area contributed by atoms with Gasteiger partial charge in [0.15, 0.2) is 0 Å². The maximum atomic E-state index is 12.2. The molecule has 23 heavy (non-hydrogen) atoms. The number of halogens is 1. The first kappa shape index (κ1) is 17.5. The summed E-state index contributed by atoms with van der Waals surface area (Å²) in [4.78, 5) is 12.2. The highest BCUT2D eigenvalue weighted by molar-refractivity contribution is 6.30. The SMILES string of the molecule is Cc1nn(Cc2cccc(Cl)c2)cc1C(=O)NCC(O)C(C)C. The van der Waals surface area contributed by atoms with E-state index in [0.717, 1.165) is 5.56 Å². The van der Waals surface area contributed by atoms with Gasteiger partial charge >= 0.3 is 0 Å². The van der Waals surface area contributed by atoms with Crippen molar-refractivity contribution in [3.63, 3.8) is 0 Å². The van der Waals surface area contributed by atoms with Crippen LogP contribution < -0.4 is 5.32 Å². The van der Waals surface area contributed by atoms with Gasteiger partial charge in [-0.1, -0.05) is 37.6 Å². The third kappa shape index (κ3) is 4.81. The molecule has 1 atom stereocenters. The van der Waals surface area contributed by atoms with Crippen molar-refractivity contribution < 1.29 is 9.90 Å². The molecule has 0 aliphatic carbocycles. The molecule has 2 N–H and O–H groups in total. The number of nitrogens with zero attached hydrogens (tertiary/aromatic N) is 2. The van der Waals surface area contributed by atoms with Crippen LogP contribution in [0.3, 0.4) is 0 Å². The van der Waals surface area contributed by atoms with Gasteiger partial charge in [0, 0.05) is 17.8 Å². The van der Waals surface area contributed by atoms with Gasteiger partial charge in [-0.2, -0.15) is 5.10 Å². The highest BCUT2D eigenvalue weighted by Gasteiger charge is 2.16. The Morgan fingerprint density at radius 1 is 1.43 bits per heavy atom. The monoisotopic (exact) mass is 335 g/mol. The van der Waals surface area contributed by atoms with Crippen molar-refractivity contribution in [1.82, 2.24) is 15.1 Å². The van der Waals surface area contributed by atoms with Crippen LogP contribution in [0.15, 0.2) is 30.5 Å². The van der Waals surface area contributed by atoms with Gasteiger partial charge in [-0.3, -0.25) is 9.48 Å². The molecule has 0 saturated heterocycles. The predicted octanol–water partition coefficient (Wildman–Crippen LogP) is 2.64. The summed E-state index contributed by atoms with van der Waals surface area (Å²) in [6.07, 6.45) is 1.16. The summed E-state index contributed by atoms with van der Waals surface area (Å²) in [5.41, 5.74) is 2.19. The Hall–Kier alpha value is -1.85. The molecule has 1 unspecified atom stereocenters. The minimum atomic E-state index is -0.555. The fourth-order valence-corrected chi connectivity index (χ4v) is 2.39. The lowest BCUT2D eigenvalue weighted by molar-refractivity contribution is 0.0871. The van der Waals surface area contributed by atoms with E-state index in [1.807, 2.05) is 38.1 Å². The summed E-state index contributed by atoms with van der Waals surface area (Å²) < 4.78 is 1.72. The summed E-state index contributed by atoms with van der Waals surface area (Å²) in [7, 11) is 0. The molecule has 2 rings (SSSR count). The molecule has 2 aromatic rings. The number of amides is 1. The quantitative estimate of drug-likeness (QED) is 0.852. The summed E-state index contributed by atoms with van der Waals surface area (Å²) in [6, 6.07) is 7.53. The number of carbonyl (C=O) groups excluding carboxylic acids is 1. The highest BCUT2D eigenvalue weighted by Crippen LogP contribution is 2.13. The first-order valence-corrected chi connectivity index (χ1v) is 7.99. The van der Waals surface area contributed by atoms with Crippen molar-refractivity contribution in [3.05, 3.63) is 52.3 Å². The lowest BCUT2D eigenvalue weighted by atomic mass is 10.1. The lowest BCUT2D eigenvalue weighted by Crippen LogP contribution is -2.34. The Morgan fingerprint density at radius 3 is 2.83 bits per heavy atom. The van der Waals surface area contributed by atoms with Crippen molar-refractivity contribution in [2.75, 3.05) is 6.54 Å². The van der Waals surface area contributed by atoms with Crippen LogP contribution in [-0.2, 0) is 6.54 Å². The molecule has 6 heteroatoms. The Bertz CT molecular complexity index is 682. The number of hydrogen-bond donors (Lipinski definition) is 2. The van der Waals surface area contributed by atoms with Gasteiger partial charge in [0.1, 0.15) is 0 Å². The zero-order valence-electron chi connectivity index (χ0n) is 13.6. The lowest BCUT2D eigenvalue weighted by Gasteiger charge is -2.14. The third-order valence-electron chi connectivity index (χ3n) is 3.67. The average Bonchev–Trinajstić information content (AvgIpc) is 2.85. The molecule has 0 bridgehead atoms. The van der Waals surface area contributed by atoms with E-state index in [2.05, 4.69) is 10.4 Å². The Balaban J connectivity index is 2.04. The molecule has 1 amide bonds. The topological polar surface area (TPSA) is 67.2 Å². The summed E-state index contributed by atoms with van der Waals surface area (Å²) in [5.74, 6) is -0.124. The van der Waals surface area contributed by atoms with Crippen LogP contribution in [0.2, 0.25) is 5.02 Å². The number of aliphatic hydroxyl groups excluding tert-OH is 1. The molecule has 1 heterocycles. The summed E-state index contributed by atoms with van der Waals surface area (Å²) in [6.45, 7) is 6.39. The molecule has 0 saturated carbocycles. The van der Waals surface area contributed by atoms with Crippen LogP contribution in [0.1, 0.15) is 35.5 Å². The third-order valence-corrected chi connectivity index (χ3v) is 3.90. The van der Waals surface area contributed by atoms with E-state index in [4.69, 9.17) is 11.6 Å². The highest BCUT2D eigenvalue weighted by atomic mass is 35.5. The molecule has 0 fully saturated rings. The molecular weight excluding hydrogens is 314 g/mol. The van der Waals surface area contributed by atoms with Crippen LogP contribution in [0.5, 0.6) is 0 Å². The average molecular weight is 336 g/mol. The summed E-state index contributed by atoms with van der Waals surface area (Å²) in [5, 5.41) is 17.6. The zero-order valence-corrected chi connectivity index (χ0v) is 14.3. The number of hydrogen-bond acceptors (Lipinski definition) is 3. The minimum Gasteiger partial charge on any atom is -0.391 e. The number of aliphatic hydroxyl groups is 1. The fourth-order valence-electron chi connectivity index (χ4n) is 2.17. The van der Waals surface area contributed by atoms with E-state index >= 15 is 0 Å². The van der Waals surface area contributed by atoms with E-state index in [1.54, 1.807) is 17.8 Å². The molecule has 0 aliphatic rings. The maximum Gasteiger partial charge on any atom is 0.254 e. The second-order valence-electron chi connectivity index (χ2n) is 5.98. The molecule has 0 spiro atoms. The number of benzene rings is 1. The molecule has 1 aromatic heterocycles. The number of aromatic nitrogens is 2. The largest absolute Gasteiger partial charge is 0.391 e. The first-order valence-electron chi connectivity index (χ1n) is 7.61. The van der Waals surface area contributed by atoms with Crippen molar-refractivity contribution in [2.24, 2.45) is 5.92 Å². The van der Waals surface area contributed by atoms with Crippen molar-refractivity contribution >= 4 is 17.5 Å².